The first kappa shape index (κ1) is 13.0. The number of thiophene rings is 1. The van der Waals surface area contributed by atoms with E-state index in [0.29, 0.717) is 5.69 Å². The van der Waals surface area contributed by atoms with Crippen molar-refractivity contribution >= 4 is 38.8 Å². The average molecular weight is 331 g/mol. The molecule has 0 aliphatic carbocycles. The molecule has 0 saturated carbocycles. The fourth-order valence-electron chi connectivity index (χ4n) is 1.75. The first-order valence-corrected chi connectivity index (χ1v) is 6.77. The topological polar surface area (TPSA) is 87.0 Å². The number of nitro groups is 1. The van der Waals surface area contributed by atoms with Crippen molar-refractivity contribution in [3.8, 4) is 0 Å². The minimum absolute atomic E-state index is 0.0922. The Morgan fingerprint density at radius 1 is 1.61 bits per heavy atom. The van der Waals surface area contributed by atoms with Gasteiger partial charge in [-0.2, -0.15) is 5.10 Å². The van der Waals surface area contributed by atoms with E-state index in [1.165, 1.54) is 4.68 Å². The number of rotatable bonds is 3. The molecule has 8 heteroatoms. The quantitative estimate of drug-likeness (QED) is 0.691. The summed E-state index contributed by atoms with van der Waals surface area (Å²) in [5.74, 6) is 0.0922. The Hall–Kier alpha value is -1.41. The Morgan fingerprint density at radius 2 is 2.28 bits per heavy atom. The lowest BCUT2D eigenvalue weighted by Gasteiger charge is -2.10. The van der Waals surface area contributed by atoms with Crippen molar-refractivity contribution in [1.82, 2.24) is 9.78 Å². The Kier molecular flexibility index (Phi) is 3.40. The Bertz CT molecular complexity index is 607. The Morgan fingerprint density at radius 3 is 2.72 bits per heavy atom. The molecule has 0 aliphatic heterocycles. The summed E-state index contributed by atoms with van der Waals surface area (Å²) in [5, 5.41) is 15.0. The predicted molar refractivity (Wildman–Crippen MR) is 73.9 cm³/mol. The van der Waals surface area contributed by atoms with Gasteiger partial charge in [0, 0.05) is 4.88 Å². The summed E-state index contributed by atoms with van der Waals surface area (Å²) in [4.78, 5) is 11.4. The average Bonchev–Trinajstić information content (AvgIpc) is 2.82. The first-order valence-electron chi connectivity index (χ1n) is 5.16. The van der Waals surface area contributed by atoms with Crippen LogP contribution in [-0.2, 0) is 0 Å². The molecule has 0 amide bonds. The van der Waals surface area contributed by atoms with Crippen LogP contribution in [0.4, 0.5) is 11.5 Å². The van der Waals surface area contributed by atoms with E-state index >= 15 is 0 Å². The van der Waals surface area contributed by atoms with E-state index in [-0.39, 0.29) is 17.5 Å². The van der Waals surface area contributed by atoms with Gasteiger partial charge >= 0.3 is 5.69 Å². The van der Waals surface area contributed by atoms with E-state index in [9.17, 15) is 10.1 Å². The number of hydrogen-bond donors (Lipinski definition) is 1. The van der Waals surface area contributed by atoms with Crippen molar-refractivity contribution in [2.24, 2.45) is 0 Å². The standard InChI is InChI=1S/C10H11BrN4O2S/c1-5-9(15(16)17)10(12)14(13-5)6(2)7-3-4-8(11)18-7/h3-4,6H,12H2,1-2H3. The van der Waals surface area contributed by atoms with Crippen LogP contribution in [0.2, 0.25) is 0 Å². The van der Waals surface area contributed by atoms with Gasteiger partial charge in [-0.1, -0.05) is 0 Å². The maximum Gasteiger partial charge on any atom is 0.333 e. The van der Waals surface area contributed by atoms with Crippen molar-refractivity contribution in [2.75, 3.05) is 5.73 Å². The molecule has 1 atom stereocenters. The predicted octanol–water partition coefficient (Wildman–Crippen LogP) is 3.12. The van der Waals surface area contributed by atoms with E-state index in [4.69, 9.17) is 5.73 Å². The van der Waals surface area contributed by atoms with Gasteiger partial charge in [-0.15, -0.1) is 11.3 Å². The monoisotopic (exact) mass is 330 g/mol. The highest BCUT2D eigenvalue weighted by Gasteiger charge is 2.26. The van der Waals surface area contributed by atoms with Crippen LogP contribution in [0.3, 0.4) is 0 Å². The van der Waals surface area contributed by atoms with Crippen LogP contribution < -0.4 is 5.73 Å². The molecule has 0 aliphatic rings. The zero-order valence-corrected chi connectivity index (χ0v) is 12.2. The summed E-state index contributed by atoms with van der Waals surface area (Å²) in [7, 11) is 0. The molecule has 18 heavy (non-hydrogen) atoms. The Labute approximate surface area is 116 Å². The highest BCUT2D eigenvalue weighted by atomic mass is 79.9. The Balaban J connectivity index is 2.46. The second-order valence-electron chi connectivity index (χ2n) is 3.84. The van der Waals surface area contributed by atoms with Crippen LogP contribution in [0.15, 0.2) is 15.9 Å². The van der Waals surface area contributed by atoms with Gasteiger partial charge in [-0.3, -0.25) is 10.1 Å². The molecule has 2 heterocycles. The fourth-order valence-corrected chi connectivity index (χ4v) is 3.21. The lowest BCUT2D eigenvalue weighted by atomic mass is 10.3. The van der Waals surface area contributed by atoms with Crippen molar-refractivity contribution < 1.29 is 4.92 Å². The molecule has 2 N–H and O–H groups in total. The van der Waals surface area contributed by atoms with E-state index in [1.54, 1.807) is 18.3 Å². The lowest BCUT2D eigenvalue weighted by Crippen LogP contribution is -2.10. The highest BCUT2D eigenvalue weighted by Crippen LogP contribution is 2.34. The van der Waals surface area contributed by atoms with Crippen LogP contribution in [-0.4, -0.2) is 14.7 Å². The number of anilines is 1. The molecule has 2 aromatic rings. The summed E-state index contributed by atoms with van der Waals surface area (Å²) < 4.78 is 2.49. The van der Waals surface area contributed by atoms with Gasteiger partial charge in [0.25, 0.3) is 0 Å². The van der Waals surface area contributed by atoms with Gasteiger partial charge in [-0.05, 0) is 41.9 Å². The van der Waals surface area contributed by atoms with Crippen molar-refractivity contribution in [3.05, 3.63) is 36.6 Å². The zero-order chi connectivity index (χ0) is 13.4. The molecule has 96 valence electrons. The molecule has 2 rings (SSSR count). The van der Waals surface area contributed by atoms with Gasteiger partial charge in [0.1, 0.15) is 5.69 Å². The van der Waals surface area contributed by atoms with Crippen LogP contribution in [0.25, 0.3) is 0 Å². The van der Waals surface area contributed by atoms with Crippen molar-refractivity contribution in [2.45, 2.75) is 19.9 Å². The number of aromatic nitrogens is 2. The molecule has 0 fully saturated rings. The number of nitrogen functional groups attached to an aromatic ring is 1. The highest BCUT2D eigenvalue weighted by molar-refractivity contribution is 9.11. The van der Waals surface area contributed by atoms with E-state index < -0.39 is 4.92 Å². The van der Waals surface area contributed by atoms with E-state index in [0.717, 1.165) is 8.66 Å². The van der Waals surface area contributed by atoms with Crippen LogP contribution in [0.1, 0.15) is 23.5 Å². The van der Waals surface area contributed by atoms with Gasteiger partial charge in [0.05, 0.1) is 14.8 Å². The largest absolute Gasteiger partial charge is 0.378 e. The molecule has 0 aromatic carbocycles. The summed E-state index contributed by atoms with van der Waals surface area (Å²) in [6.45, 7) is 3.49. The second-order valence-corrected chi connectivity index (χ2v) is 6.33. The molecule has 0 saturated heterocycles. The fraction of sp³-hybridized carbons (Fsp3) is 0.300. The minimum Gasteiger partial charge on any atom is -0.378 e. The van der Waals surface area contributed by atoms with Gasteiger partial charge in [0.15, 0.2) is 0 Å². The smallest absolute Gasteiger partial charge is 0.333 e. The lowest BCUT2D eigenvalue weighted by molar-refractivity contribution is -0.384. The summed E-state index contributed by atoms with van der Waals surface area (Å²) >= 11 is 4.94. The van der Waals surface area contributed by atoms with Crippen LogP contribution >= 0.6 is 27.3 Å². The molecule has 1 unspecified atom stereocenters. The number of hydrogen-bond acceptors (Lipinski definition) is 5. The summed E-state index contributed by atoms with van der Waals surface area (Å²) in [5.41, 5.74) is 6.02. The van der Waals surface area contributed by atoms with Crippen LogP contribution in [0.5, 0.6) is 0 Å². The minimum atomic E-state index is -0.495. The molecule has 2 aromatic heterocycles. The summed E-state index contributed by atoms with van der Waals surface area (Å²) in [6, 6.07) is 3.74. The maximum atomic E-state index is 10.9. The first-order chi connectivity index (χ1) is 8.41. The third kappa shape index (κ3) is 2.13. The van der Waals surface area contributed by atoms with Gasteiger partial charge in [0.2, 0.25) is 5.82 Å². The SMILES string of the molecule is Cc1nn(C(C)c2ccc(Br)s2)c(N)c1[N+](=O)[O-]. The van der Waals surface area contributed by atoms with Crippen molar-refractivity contribution in [1.29, 1.82) is 0 Å². The molecular weight excluding hydrogens is 320 g/mol. The molecule has 0 radical (unpaired) electrons. The molecule has 6 nitrogen and oxygen atoms in total. The number of nitrogens with two attached hydrogens (primary N) is 1. The van der Waals surface area contributed by atoms with Gasteiger partial charge < -0.3 is 5.73 Å². The third-order valence-electron chi connectivity index (χ3n) is 2.65. The van der Waals surface area contributed by atoms with Crippen LogP contribution in [0, 0.1) is 17.0 Å². The normalized spacial score (nSPS) is 12.6. The van der Waals surface area contributed by atoms with Crippen molar-refractivity contribution in [3.63, 3.8) is 0 Å². The van der Waals surface area contributed by atoms with Gasteiger partial charge in [-0.25, -0.2) is 4.68 Å². The maximum absolute atomic E-state index is 10.9. The zero-order valence-electron chi connectivity index (χ0n) is 9.75. The number of halogens is 1. The number of nitrogens with zero attached hydrogens (tertiary/aromatic N) is 3. The number of aryl methyl sites for hydroxylation is 1. The molecule has 0 spiro atoms. The molecule has 0 bridgehead atoms. The summed E-state index contributed by atoms with van der Waals surface area (Å²) in [6.07, 6.45) is 0. The van der Waals surface area contributed by atoms with E-state index in [2.05, 4.69) is 21.0 Å². The second kappa shape index (κ2) is 4.69. The molecular formula is C10H11BrN4O2S. The third-order valence-corrected chi connectivity index (χ3v) is 4.44. The van der Waals surface area contributed by atoms with E-state index in [1.807, 2.05) is 19.1 Å².